The SMILES string of the molecule is FC(F)(F)Oc1ccc(-n2nccc2Cl)cc1. The Morgan fingerprint density at radius 1 is 1.12 bits per heavy atom. The van der Waals surface area contributed by atoms with Crippen LogP contribution in [0.3, 0.4) is 0 Å². The summed E-state index contributed by atoms with van der Waals surface area (Å²) in [5.41, 5.74) is 0.550. The van der Waals surface area contributed by atoms with E-state index in [0.29, 0.717) is 10.8 Å². The molecule has 0 aliphatic rings. The van der Waals surface area contributed by atoms with Crippen LogP contribution in [0.2, 0.25) is 5.15 Å². The molecule has 0 bridgehead atoms. The summed E-state index contributed by atoms with van der Waals surface area (Å²) in [5.74, 6) is -0.287. The molecule has 0 radical (unpaired) electrons. The lowest BCUT2D eigenvalue weighted by molar-refractivity contribution is -0.274. The van der Waals surface area contributed by atoms with Gasteiger partial charge in [-0.2, -0.15) is 5.10 Å². The average molecular weight is 263 g/mol. The second kappa shape index (κ2) is 4.29. The summed E-state index contributed by atoms with van der Waals surface area (Å²) in [7, 11) is 0. The molecule has 90 valence electrons. The highest BCUT2D eigenvalue weighted by atomic mass is 35.5. The number of alkyl halides is 3. The number of hydrogen-bond donors (Lipinski definition) is 0. The minimum Gasteiger partial charge on any atom is -0.406 e. The first-order chi connectivity index (χ1) is 7.96. The van der Waals surface area contributed by atoms with Crippen LogP contribution in [0.25, 0.3) is 5.69 Å². The van der Waals surface area contributed by atoms with Gasteiger partial charge in [0.25, 0.3) is 0 Å². The fourth-order valence-electron chi connectivity index (χ4n) is 1.27. The predicted molar refractivity (Wildman–Crippen MR) is 55.3 cm³/mol. The molecule has 0 aliphatic heterocycles. The van der Waals surface area contributed by atoms with E-state index in [2.05, 4.69) is 9.84 Å². The number of ether oxygens (including phenoxy) is 1. The average Bonchev–Trinajstić information content (AvgIpc) is 2.63. The number of nitrogens with zero attached hydrogens (tertiary/aromatic N) is 2. The zero-order chi connectivity index (χ0) is 12.5. The van der Waals surface area contributed by atoms with E-state index in [4.69, 9.17) is 11.6 Å². The van der Waals surface area contributed by atoms with Crippen LogP contribution in [0.4, 0.5) is 13.2 Å². The van der Waals surface area contributed by atoms with Gasteiger partial charge < -0.3 is 4.74 Å². The van der Waals surface area contributed by atoms with Crippen LogP contribution in [0, 0.1) is 0 Å². The van der Waals surface area contributed by atoms with Gasteiger partial charge in [-0.1, -0.05) is 11.6 Å². The second-order valence-electron chi connectivity index (χ2n) is 3.11. The molecule has 2 rings (SSSR count). The van der Waals surface area contributed by atoms with Crippen molar-refractivity contribution in [2.45, 2.75) is 6.36 Å². The Morgan fingerprint density at radius 3 is 2.24 bits per heavy atom. The van der Waals surface area contributed by atoms with Gasteiger partial charge in [-0.15, -0.1) is 13.2 Å². The van der Waals surface area contributed by atoms with Crippen molar-refractivity contribution in [2.24, 2.45) is 0 Å². The van der Waals surface area contributed by atoms with Gasteiger partial charge in [0.05, 0.1) is 11.9 Å². The monoisotopic (exact) mass is 262 g/mol. The molecule has 0 fully saturated rings. The van der Waals surface area contributed by atoms with Gasteiger partial charge in [0.2, 0.25) is 0 Å². The minimum atomic E-state index is -4.69. The highest BCUT2D eigenvalue weighted by molar-refractivity contribution is 6.29. The van der Waals surface area contributed by atoms with Crippen LogP contribution in [-0.2, 0) is 0 Å². The van der Waals surface area contributed by atoms with Crippen molar-refractivity contribution >= 4 is 11.6 Å². The number of rotatable bonds is 2. The Morgan fingerprint density at radius 2 is 1.76 bits per heavy atom. The quantitative estimate of drug-likeness (QED) is 0.829. The zero-order valence-electron chi connectivity index (χ0n) is 8.28. The van der Waals surface area contributed by atoms with Crippen LogP contribution < -0.4 is 4.74 Å². The van der Waals surface area contributed by atoms with Crippen molar-refractivity contribution < 1.29 is 17.9 Å². The van der Waals surface area contributed by atoms with Crippen LogP contribution in [0.1, 0.15) is 0 Å². The first kappa shape index (κ1) is 11.8. The summed E-state index contributed by atoms with van der Waals surface area (Å²) >= 11 is 5.81. The van der Waals surface area contributed by atoms with Crippen LogP contribution in [-0.4, -0.2) is 16.1 Å². The molecule has 2 aromatic rings. The number of halogens is 4. The van der Waals surface area contributed by atoms with E-state index in [1.807, 2.05) is 0 Å². The molecule has 0 N–H and O–H groups in total. The first-order valence-corrected chi connectivity index (χ1v) is 4.89. The van der Waals surface area contributed by atoms with Gasteiger partial charge in [0.1, 0.15) is 10.9 Å². The lowest BCUT2D eigenvalue weighted by atomic mass is 10.3. The fraction of sp³-hybridized carbons (Fsp3) is 0.100. The van der Waals surface area contributed by atoms with Gasteiger partial charge in [-0.3, -0.25) is 0 Å². The highest BCUT2D eigenvalue weighted by Gasteiger charge is 2.30. The summed E-state index contributed by atoms with van der Waals surface area (Å²) in [6, 6.07) is 6.82. The molecule has 0 saturated heterocycles. The van der Waals surface area contributed by atoms with Crippen molar-refractivity contribution in [1.82, 2.24) is 9.78 Å². The third-order valence-corrected chi connectivity index (χ3v) is 2.20. The van der Waals surface area contributed by atoms with Crippen molar-refractivity contribution in [3.63, 3.8) is 0 Å². The van der Waals surface area contributed by atoms with Gasteiger partial charge in [-0.05, 0) is 30.3 Å². The summed E-state index contributed by atoms with van der Waals surface area (Å²) in [6.45, 7) is 0. The number of hydrogen-bond acceptors (Lipinski definition) is 2. The van der Waals surface area contributed by atoms with Gasteiger partial charge in [0.15, 0.2) is 0 Å². The molecule has 0 aliphatic carbocycles. The lowest BCUT2D eigenvalue weighted by Crippen LogP contribution is -2.17. The summed E-state index contributed by atoms with van der Waals surface area (Å²) in [4.78, 5) is 0. The van der Waals surface area contributed by atoms with Crippen molar-refractivity contribution in [2.75, 3.05) is 0 Å². The molecule has 1 heterocycles. The molecule has 0 amide bonds. The summed E-state index contributed by atoms with van der Waals surface area (Å²) in [6.07, 6.45) is -3.20. The Balaban J connectivity index is 2.22. The Bertz CT molecular complexity index is 507. The first-order valence-electron chi connectivity index (χ1n) is 4.51. The molecule has 1 aromatic heterocycles. The molecule has 1 aromatic carbocycles. The highest BCUT2D eigenvalue weighted by Crippen LogP contribution is 2.24. The Hall–Kier alpha value is -1.69. The standard InChI is InChI=1S/C10H6ClF3N2O/c11-9-5-6-15-16(9)7-1-3-8(4-2-7)17-10(12,13)14/h1-6H. The molecular weight excluding hydrogens is 257 g/mol. The van der Waals surface area contributed by atoms with E-state index in [0.717, 1.165) is 0 Å². The van der Waals surface area contributed by atoms with E-state index in [-0.39, 0.29) is 5.75 Å². The van der Waals surface area contributed by atoms with E-state index in [1.165, 1.54) is 35.1 Å². The molecule has 7 heteroatoms. The molecular formula is C10H6ClF3N2O. The molecule has 0 unspecified atom stereocenters. The summed E-state index contributed by atoms with van der Waals surface area (Å²) < 4.78 is 40.9. The van der Waals surface area contributed by atoms with Gasteiger partial charge in [-0.25, -0.2) is 4.68 Å². The van der Waals surface area contributed by atoms with E-state index >= 15 is 0 Å². The topological polar surface area (TPSA) is 27.1 Å². The summed E-state index contributed by atoms with van der Waals surface area (Å²) in [5, 5.41) is 4.28. The number of benzene rings is 1. The van der Waals surface area contributed by atoms with Crippen molar-refractivity contribution in [3.8, 4) is 11.4 Å². The van der Waals surface area contributed by atoms with E-state index in [1.54, 1.807) is 6.07 Å². The maximum Gasteiger partial charge on any atom is 0.573 e. The van der Waals surface area contributed by atoms with Gasteiger partial charge >= 0.3 is 6.36 Å². The maximum atomic E-state index is 11.9. The number of aromatic nitrogens is 2. The van der Waals surface area contributed by atoms with E-state index < -0.39 is 6.36 Å². The van der Waals surface area contributed by atoms with Crippen LogP contribution in [0.5, 0.6) is 5.75 Å². The Kier molecular flexibility index (Phi) is 2.97. The second-order valence-corrected chi connectivity index (χ2v) is 3.49. The third-order valence-electron chi connectivity index (χ3n) is 1.91. The van der Waals surface area contributed by atoms with Crippen LogP contribution >= 0.6 is 11.6 Å². The molecule has 0 saturated carbocycles. The lowest BCUT2D eigenvalue weighted by Gasteiger charge is -2.09. The predicted octanol–water partition coefficient (Wildman–Crippen LogP) is 3.42. The normalized spacial score (nSPS) is 11.5. The van der Waals surface area contributed by atoms with Gasteiger partial charge in [0, 0.05) is 0 Å². The van der Waals surface area contributed by atoms with E-state index in [9.17, 15) is 13.2 Å². The zero-order valence-corrected chi connectivity index (χ0v) is 9.03. The molecule has 3 nitrogen and oxygen atoms in total. The molecule has 17 heavy (non-hydrogen) atoms. The largest absolute Gasteiger partial charge is 0.573 e. The maximum absolute atomic E-state index is 11.9. The van der Waals surface area contributed by atoms with Crippen LogP contribution in [0.15, 0.2) is 36.5 Å². The smallest absolute Gasteiger partial charge is 0.406 e. The van der Waals surface area contributed by atoms with Crippen molar-refractivity contribution in [1.29, 1.82) is 0 Å². The third kappa shape index (κ3) is 2.91. The molecule has 0 spiro atoms. The minimum absolute atomic E-state index is 0.287. The Labute approximate surface area is 99.4 Å². The fourth-order valence-corrected chi connectivity index (χ4v) is 1.46. The van der Waals surface area contributed by atoms with Crippen molar-refractivity contribution in [3.05, 3.63) is 41.7 Å². The molecule has 0 atom stereocenters.